The molecule has 3 nitrogen and oxygen atoms in total. The predicted octanol–water partition coefficient (Wildman–Crippen LogP) is 9.39. The third-order valence-electron chi connectivity index (χ3n) is 8.74. The van der Waals surface area contributed by atoms with Crippen molar-refractivity contribution in [2.45, 2.75) is 38.9 Å². The van der Waals surface area contributed by atoms with Crippen molar-refractivity contribution in [2.75, 3.05) is 0 Å². The maximum atomic E-state index is 4.97. The molecule has 1 aromatic heterocycles. The fourth-order valence-corrected chi connectivity index (χ4v) is 7.35. The van der Waals surface area contributed by atoms with Crippen LogP contribution in [-0.4, -0.2) is 23.0 Å². The second-order valence-corrected chi connectivity index (χ2v) is 18.1. The van der Waals surface area contributed by atoms with E-state index in [1.807, 2.05) is 30.3 Å². The van der Waals surface area contributed by atoms with Gasteiger partial charge in [0.05, 0.1) is 8.07 Å². The molecular weight excluding hydrogens is 539 g/mol. The van der Waals surface area contributed by atoms with E-state index in [-0.39, 0.29) is 5.41 Å². The zero-order valence-electron chi connectivity index (χ0n) is 25.4. The molecule has 0 saturated heterocycles. The molecule has 43 heavy (non-hydrogen) atoms. The molecule has 1 aliphatic rings. The average molecular weight is 574 g/mol. The smallest absolute Gasteiger partial charge is 0.164 e. The number of rotatable bonds is 5. The van der Waals surface area contributed by atoms with E-state index < -0.39 is 8.07 Å². The van der Waals surface area contributed by atoms with E-state index in [4.69, 9.17) is 15.0 Å². The minimum Gasteiger partial charge on any atom is -0.208 e. The molecule has 1 heterocycles. The summed E-state index contributed by atoms with van der Waals surface area (Å²) in [6.45, 7) is 11.7. The minimum atomic E-state index is -1.40. The Bertz CT molecular complexity index is 1950. The summed E-state index contributed by atoms with van der Waals surface area (Å²) in [6, 6.07) is 43.2. The van der Waals surface area contributed by atoms with Crippen molar-refractivity contribution in [3.8, 4) is 56.4 Å². The Morgan fingerprint density at radius 3 is 1.51 bits per heavy atom. The van der Waals surface area contributed by atoms with Crippen LogP contribution in [-0.2, 0) is 5.41 Å². The molecule has 0 N–H and O–H groups in total. The van der Waals surface area contributed by atoms with Gasteiger partial charge in [-0.2, -0.15) is 0 Å². The number of hydrogen-bond donors (Lipinski definition) is 0. The van der Waals surface area contributed by atoms with Crippen LogP contribution in [0.15, 0.2) is 121 Å². The molecule has 1 aliphatic carbocycles. The van der Waals surface area contributed by atoms with E-state index in [1.165, 1.54) is 38.6 Å². The Kier molecular flexibility index (Phi) is 6.48. The van der Waals surface area contributed by atoms with Gasteiger partial charge in [0.15, 0.2) is 17.5 Å². The molecule has 0 unspecified atom stereocenters. The van der Waals surface area contributed by atoms with Crippen molar-refractivity contribution in [1.29, 1.82) is 0 Å². The third kappa shape index (κ3) is 4.92. The Balaban J connectivity index is 1.27. The van der Waals surface area contributed by atoms with Crippen molar-refractivity contribution in [1.82, 2.24) is 15.0 Å². The van der Waals surface area contributed by atoms with Crippen LogP contribution >= 0.6 is 0 Å². The Morgan fingerprint density at radius 1 is 0.442 bits per heavy atom. The van der Waals surface area contributed by atoms with Crippen LogP contribution in [0, 0.1) is 0 Å². The summed E-state index contributed by atoms with van der Waals surface area (Å²) in [7, 11) is -1.40. The van der Waals surface area contributed by atoms with Crippen molar-refractivity contribution >= 4 is 13.3 Å². The van der Waals surface area contributed by atoms with Gasteiger partial charge in [0.2, 0.25) is 0 Å². The molecule has 7 rings (SSSR count). The Hall–Kier alpha value is -4.67. The summed E-state index contributed by atoms with van der Waals surface area (Å²) >= 11 is 0. The van der Waals surface area contributed by atoms with E-state index in [2.05, 4.69) is 124 Å². The van der Waals surface area contributed by atoms with Gasteiger partial charge in [-0.05, 0) is 39.4 Å². The van der Waals surface area contributed by atoms with Crippen LogP contribution in [0.5, 0.6) is 0 Å². The first-order chi connectivity index (χ1) is 20.7. The van der Waals surface area contributed by atoms with Crippen LogP contribution in [0.2, 0.25) is 19.6 Å². The SMILES string of the molecule is CC1(C)c2ccccc2-c2cc(-c3ccc(-c4nc(-c5ccccc5)nc(-c5ccc([Si](C)(C)C)cc5)n4)cc3)ccc21. The molecule has 0 aliphatic heterocycles. The molecule has 0 amide bonds. The lowest BCUT2D eigenvalue weighted by atomic mass is 9.82. The fraction of sp³-hybridized carbons (Fsp3) is 0.154. The van der Waals surface area contributed by atoms with Gasteiger partial charge >= 0.3 is 0 Å². The highest BCUT2D eigenvalue weighted by atomic mass is 28.3. The highest BCUT2D eigenvalue weighted by molar-refractivity contribution is 6.88. The van der Waals surface area contributed by atoms with Crippen molar-refractivity contribution in [3.63, 3.8) is 0 Å². The van der Waals surface area contributed by atoms with Gasteiger partial charge in [-0.15, -0.1) is 0 Å². The largest absolute Gasteiger partial charge is 0.208 e. The standard InChI is InChI=1S/C39H35N3Si/c1-39(2)34-14-10-9-13-32(34)33-25-30(21-24-35(33)39)26-15-17-28(18-16-26)37-40-36(27-11-7-6-8-12-27)41-38(42-37)29-19-22-31(23-20-29)43(3,4)5/h6-25H,1-5H3. The molecule has 210 valence electrons. The van der Waals surface area contributed by atoms with E-state index in [1.54, 1.807) is 0 Å². The summed E-state index contributed by atoms with van der Waals surface area (Å²) < 4.78 is 0. The molecule has 0 saturated carbocycles. The summed E-state index contributed by atoms with van der Waals surface area (Å²) in [5.41, 5.74) is 10.8. The molecule has 0 fully saturated rings. The fourth-order valence-electron chi connectivity index (χ4n) is 6.18. The molecule has 4 heteroatoms. The molecule has 0 radical (unpaired) electrons. The zero-order chi connectivity index (χ0) is 29.8. The van der Waals surface area contributed by atoms with Crippen LogP contribution in [0.1, 0.15) is 25.0 Å². The highest BCUT2D eigenvalue weighted by Gasteiger charge is 2.35. The molecular formula is C39H35N3Si. The monoisotopic (exact) mass is 573 g/mol. The van der Waals surface area contributed by atoms with Crippen LogP contribution in [0.3, 0.4) is 0 Å². The molecule has 5 aromatic carbocycles. The second kappa shape index (κ2) is 10.2. The van der Waals surface area contributed by atoms with Crippen molar-refractivity contribution in [2.24, 2.45) is 0 Å². The van der Waals surface area contributed by atoms with Gasteiger partial charge < -0.3 is 0 Å². The first-order valence-electron chi connectivity index (χ1n) is 15.0. The van der Waals surface area contributed by atoms with Gasteiger partial charge in [-0.25, -0.2) is 15.0 Å². The quantitative estimate of drug-likeness (QED) is 0.193. The molecule has 0 spiro atoms. The molecule has 0 bridgehead atoms. The normalized spacial score (nSPS) is 13.4. The lowest BCUT2D eigenvalue weighted by molar-refractivity contribution is 0.660. The van der Waals surface area contributed by atoms with E-state index >= 15 is 0 Å². The lowest BCUT2D eigenvalue weighted by Gasteiger charge is -2.21. The number of nitrogens with zero attached hydrogens (tertiary/aromatic N) is 3. The van der Waals surface area contributed by atoms with Gasteiger partial charge in [0.25, 0.3) is 0 Å². The van der Waals surface area contributed by atoms with Gasteiger partial charge in [-0.3, -0.25) is 0 Å². The minimum absolute atomic E-state index is 0.0101. The highest BCUT2D eigenvalue weighted by Crippen LogP contribution is 2.49. The number of hydrogen-bond acceptors (Lipinski definition) is 3. The van der Waals surface area contributed by atoms with Crippen LogP contribution in [0.25, 0.3) is 56.4 Å². The maximum Gasteiger partial charge on any atom is 0.164 e. The summed E-state index contributed by atoms with van der Waals surface area (Å²) in [4.78, 5) is 14.8. The van der Waals surface area contributed by atoms with E-state index in [0.29, 0.717) is 17.5 Å². The first kappa shape index (κ1) is 27.2. The van der Waals surface area contributed by atoms with Crippen LogP contribution in [0.4, 0.5) is 0 Å². The van der Waals surface area contributed by atoms with Crippen molar-refractivity contribution in [3.05, 3.63) is 132 Å². The first-order valence-corrected chi connectivity index (χ1v) is 18.5. The second-order valence-electron chi connectivity index (χ2n) is 13.0. The van der Waals surface area contributed by atoms with E-state index in [0.717, 1.165) is 16.7 Å². The van der Waals surface area contributed by atoms with Gasteiger partial charge in [-0.1, -0.05) is 154 Å². The topological polar surface area (TPSA) is 38.7 Å². The summed E-state index contributed by atoms with van der Waals surface area (Å²) in [5, 5.41) is 1.42. The van der Waals surface area contributed by atoms with Gasteiger partial charge in [0, 0.05) is 22.1 Å². The number of fused-ring (bicyclic) bond motifs is 3. The zero-order valence-corrected chi connectivity index (χ0v) is 26.4. The predicted molar refractivity (Wildman–Crippen MR) is 182 cm³/mol. The molecule has 0 atom stereocenters. The summed E-state index contributed by atoms with van der Waals surface area (Å²) in [6.07, 6.45) is 0. The Morgan fingerprint density at radius 2 is 0.907 bits per heavy atom. The van der Waals surface area contributed by atoms with Gasteiger partial charge in [0.1, 0.15) is 0 Å². The lowest BCUT2D eigenvalue weighted by Crippen LogP contribution is -2.37. The maximum absolute atomic E-state index is 4.97. The summed E-state index contributed by atoms with van der Waals surface area (Å²) in [5.74, 6) is 2.04. The van der Waals surface area contributed by atoms with Crippen LogP contribution < -0.4 is 5.19 Å². The molecule has 6 aromatic rings. The van der Waals surface area contributed by atoms with E-state index in [9.17, 15) is 0 Å². The van der Waals surface area contributed by atoms with Crippen molar-refractivity contribution < 1.29 is 0 Å². The number of aromatic nitrogens is 3. The number of benzene rings is 5. The Labute approximate surface area is 255 Å². The average Bonchev–Trinajstić information content (AvgIpc) is 3.27. The third-order valence-corrected chi connectivity index (χ3v) is 10.8.